The van der Waals surface area contributed by atoms with Gasteiger partial charge in [0.05, 0.1) is 0 Å². The molecule has 1 rings (SSSR count). The summed E-state index contributed by atoms with van der Waals surface area (Å²) in [5, 5.41) is 4.06. The van der Waals surface area contributed by atoms with Gasteiger partial charge in [0, 0.05) is 30.9 Å². The van der Waals surface area contributed by atoms with Crippen molar-refractivity contribution in [3.63, 3.8) is 0 Å². The molecule has 0 radical (unpaired) electrons. The van der Waals surface area contributed by atoms with Gasteiger partial charge in [0.25, 0.3) is 0 Å². The topological polar surface area (TPSA) is 15.3 Å². The lowest BCUT2D eigenvalue weighted by atomic mass is 10.2. The molecule has 1 saturated heterocycles. The van der Waals surface area contributed by atoms with E-state index in [0.717, 1.165) is 19.0 Å². The molecule has 3 heteroatoms. The van der Waals surface area contributed by atoms with Crippen LogP contribution in [0.3, 0.4) is 0 Å². The van der Waals surface area contributed by atoms with Gasteiger partial charge in [-0.3, -0.25) is 0 Å². The number of hydrogen-bond acceptors (Lipinski definition) is 3. The van der Waals surface area contributed by atoms with Crippen molar-refractivity contribution < 1.29 is 0 Å². The lowest BCUT2D eigenvalue weighted by molar-refractivity contribution is 0.270. The molecule has 1 heterocycles. The van der Waals surface area contributed by atoms with Crippen LogP contribution in [-0.2, 0) is 0 Å². The molecule has 1 fully saturated rings. The largest absolute Gasteiger partial charge is 0.312 e. The molecule has 15 heavy (non-hydrogen) atoms. The second-order valence-corrected chi connectivity index (χ2v) is 5.34. The predicted octanol–water partition coefficient (Wildman–Crippen LogP) is 2.26. The smallest absolute Gasteiger partial charge is 0.0206 e. The van der Waals surface area contributed by atoms with Gasteiger partial charge in [-0.1, -0.05) is 27.7 Å². The second-order valence-electron chi connectivity index (χ2n) is 4.61. The zero-order chi connectivity index (χ0) is 11.8. The van der Waals surface area contributed by atoms with Crippen LogP contribution in [0.5, 0.6) is 0 Å². The Morgan fingerprint density at radius 2 is 2.00 bits per heavy atom. The molecule has 0 saturated carbocycles. The summed E-state index contributed by atoms with van der Waals surface area (Å²) in [4.78, 5) is 2.41. The zero-order valence-electron chi connectivity index (χ0n) is 11.0. The normalized spacial score (nSPS) is 25.6. The van der Waals surface area contributed by atoms with Gasteiger partial charge < -0.3 is 10.2 Å². The minimum absolute atomic E-state index is 0.567. The third-order valence-electron chi connectivity index (χ3n) is 2.41. The number of hydrogen-bond donors (Lipinski definition) is 2. The van der Waals surface area contributed by atoms with Gasteiger partial charge in [0.15, 0.2) is 0 Å². The highest BCUT2D eigenvalue weighted by molar-refractivity contribution is 7.81. The van der Waals surface area contributed by atoms with Gasteiger partial charge in [-0.25, -0.2) is 0 Å². The molecule has 2 atom stereocenters. The van der Waals surface area contributed by atoms with Crippen LogP contribution in [0.15, 0.2) is 0 Å². The lowest BCUT2D eigenvalue weighted by Crippen LogP contribution is -2.36. The first-order chi connectivity index (χ1) is 7.08. The number of nitrogens with zero attached hydrogens (tertiary/aromatic N) is 1. The van der Waals surface area contributed by atoms with E-state index in [4.69, 9.17) is 0 Å². The van der Waals surface area contributed by atoms with Gasteiger partial charge >= 0.3 is 0 Å². The molecule has 0 aliphatic carbocycles. The Kier molecular flexibility index (Phi) is 8.58. The Balaban J connectivity index is 0.000000921. The molecule has 1 N–H and O–H groups in total. The Morgan fingerprint density at radius 1 is 1.40 bits per heavy atom. The molecule has 0 amide bonds. The summed E-state index contributed by atoms with van der Waals surface area (Å²) in [6.07, 6.45) is 1.21. The van der Waals surface area contributed by atoms with Crippen molar-refractivity contribution in [2.24, 2.45) is 5.92 Å². The quantitative estimate of drug-likeness (QED) is 0.723. The van der Waals surface area contributed by atoms with Crippen LogP contribution in [0.4, 0.5) is 0 Å². The van der Waals surface area contributed by atoms with Crippen LogP contribution in [0.1, 0.15) is 34.1 Å². The first kappa shape index (κ1) is 15.3. The molecule has 0 spiro atoms. The lowest BCUT2D eigenvalue weighted by Gasteiger charge is -2.22. The van der Waals surface area contributed by atoms with E-state index < -0.39 is 0 Å². The summed E-state index contributed by atoms with van der Waals surface area (Å²) in [5.74, 6) is 0.762. The number of likely N-dealkylation sites (N-methyl/N-ethyl adjacent to an activating group) is 1. The fraction of sp³-hybridized carbons (Fsp3) is 1.00. The molecule has 1 aliphatic heterocycles. The van der Waals surface area contributed by atoms with Crippen LogP contribution in [0, 0.1) is 5.92 Å². The van der Waals surface area contributed by atoms with Gasteiger partial charge in [-0.2, -0.15) is 12.6 Å². The summed E-state index contributed by atoms with van der Waals surface area (Å²) < 4.78 is 0. The SMILES string of the molecule is CC.CC(C)CN(C)CC1CC(S)CN1. The second kappa shape index (κ2) is 8.43. The molecule has 2 nitrogen and oxygen atoms in total. The van der Waals surface area contributed by atoms with Crippen molar-refractivity contribution in [2.75, 3.05) is 26.7 Å². The van der Waals surface area contributed by atoms with E-state index in [-0.39, 0.29) is 0 Å². The average molecular weight is 232 g/mol. The number of thiol groups is 1. The van der Waals surface area contributed by atoms with Crippen LogP contribution >= 0.6 is 12.6 Å². The summed E-state index contributed by atoms with van der Waals surface area (Å²) >= 11 is 4.46. The van der Waals surface area contributed by atoms with Crippen molar-refractivity contribution in [1.82, 2.24) is 10.2 Å². The molecule has 0 aromatic carbocycles. The maximum absolute atomic E-state index is 4.46. The number of rotatable bonds is 4. The van der Waals surface area contributed by atoms with E-state index >= 15 is 0 Å². The third-order valence-corrected chi connectivity index (χ3v) is 2.80. The van der Waals surface area contributed by atoms with Crippen molar-refractivity contribution in [3.8, 4) is 0 Å². The van der Waals surface area contributed by atoms with Crippen molar-refractivity contribution in [3.05, 3.63) is 0 Å². The number of nitrogens with one attached hydrogen (secondary N) is 1. The van der Waals surface area contributed by atoms with E-state index in [0.29, 0.717) is 11.3 Å². The summed E-state index contributed by atoms with van der Waals surface area (Å²) in [6, 6.07) is 0.659. The highest BCUT2D eigenvalue weighted by Crippen LogP contribution is 2.12. The first-order valence-electron chi connectivity index (χ1n) is 6.18. The standard InChI is InChI=1S/C10H22N2S.C2H6/c1-8(2)6-12(3)7-9-4-10(13)5-11-9;1-2/h8-11,13H,4-7H2,1-3H3;1-2H3. The van der Waals surface area contributed by atoms with E-state index in [1.165, 1.54) is 13.0 Å². The Bertz CT molecular complexity index is 151. The van der Waals surface area contributed by atoms with Gasteiger partial charge in [0.1, 0.15) is 0 Å². The van der Waals surface area contributed by atoms with Crippen LogP contribution in [0.25, 0.3) is 0 Å². The summed E-state index contributed by atoms with van der Waals surface area (Å²) in [7, 11) is 2.20. The van der Waals surface area contributed by atoms with Crippen molar-refractivity contribution >= 4 is 12.6 Å². The Labute approximate surface area is 101 Å². The minimum Gasteiger partial charge on any atom is -0.312 e. The molecule has 0 aromatic heterocycles. The molecule has 1 aliphatic rings. The molecular weight excluding hydrogens is 204 g/mol. The maximum Gasteiger partial charge on any atom is 0.0206 e. The fourth-order valence-corrected chi connectivity index (χ4v) is 2.37. The Hall–Kier alpha value is 0.270. The fourth-order valence-electron chi connectivity index (χ4n) is 2.01. The predicted molar refractivity (Wildman–Crippen MR) is 72.9 cm³/mol. The van der Waals surface area contributed by atoms with Gasteiger partial charge in [-0.15, -0.1) is 0 Å². The first-order valence-corrected chi connectivity index (χ1v) is 6.69. The molecule has 0 aromatic rings. The maximum atomic E-state index is 4.46. The van der Waals surface area contributed by atoms with E-state index in [9.17, 15) is 0 Å². The van der Waals surface area contributed by atoms with Gasteiger partial charge in [0.2, 0.25) is 0 Å². The van der Waals surface area contributed by atoms with E-state index in [1.807, 2.05) is 13.8 Å². The molecule has 2 unspecified atom stereocenters. The summed E-state index contributed by atoms with van der Waals surface area (Å²) in [5.41, 5.74) is 0. The highest BCUT2D eigenvalue weighted by Gasteiger charge is 2.22. The Morgan fingerprint density at radius 3 is 2.40 bits per heavy atom. The molecule has 0 bridgehead atoms. The average Bonchev–Trinajstić information content (AvgIpc) is 2.53. The third kappa shape index (κ3) is 7.20. The van der Waals surface area contributed by atoms with Crippen LogP contribution in [0.2, 0.25) is 0 Å². The van der Waals surface area contributed by atoms with Gasteiger partial charge in [-0.05, 0) is 19.4 Å². The van der Waals surface area contributed by atoms with Crippen molar-refractivity contribution in [1.29, 1.82) is 0 Å². The van der Waals surface area contributed by atoms with E-state index in [2.05, 4.69) is 43.7 Å². The van der Waals surface area contributed by atoms with Crippen molar-refractivity contribution in [2.45, 2.75) is 45.4 Å². The monoisotopic (exact) mass is 232 g/mol. The molecular formula is C12H28N2S. The minimum atomic E-state index is 0.567. The summed E-state index contributed by atoms with van der Waals surface area (Å²) in [6.45, 7) is 12.0. The van der Waals surface area contributed by atoms with Crippen LogP contribution in [-0.4, -0.2) is 42.9 Å². The highest BCUT2D eigenvalue weighted by atomic mass is 32.1. The molecule has 92 valence electrons. The van der Waals surface area contributed by atoms with Crippen LogP contribution < -0.4 is 5.32 Å². The van der Waals surface area contributed by atoms with E-state index in [1.54, 1.807) is 0 Å². The zero-order valence-corrected chi connectivity index (χ0v) is 11.8.